The van der Waals surface area contributed by atoms with E-state index in [-0.39, 0.29) is 0 Å². The number of allylic oxidation sites excluding steroid dienone is 1. The summed E-state index contributed by atoms with van der Waals surface area (Å²) in [5, 5.41) is 0. The van der Waals surface area contributed by atoms with Crippen LogP contribution in [-0.4, -0.2) is 18.0 Å². The van der Waals surface area contributed by atoms with Gasteiger partial charge in [-0.05, 0) is 50.7 Å². The van der Waals surface area contributed by atoms with Gasteiger partial charge in [-0.25, -0.2) is 0 Å². The van der Waals surface area contributed by atoms with Gasteiger partial charge in [0.05, 0.1) is 0 Å². The molecule has 1 heteroatoms. The third kappa shape index (κ3) is 3.73. The van der Waals surface area contributed by atoms with Gasteiger partial charge in [-0.1, -0.05) is 42.5 Å². The molecule has 0 N–H and O–H groups in total. The van der Waals surface area contributed by atoms with Crippen LogP contribution in [0.5, 0.6) is 0 Å². The number of likely N-dealkylation sites (tertiary alicyclic amines) is 1. The van der Waals surface area contributed by atoms with Gasteiger partial charge >= 0.3 is 0 Å². The summed E-state index contributed by atoms with van der Waals surface area (Å²) in [5.74, 6) is 0.815. The zero-order valence-electron chi connectivity index (χ0n) is 12.3. The van der Waals surface area contributed by atoms with E-state index in [1.807, 2.05) is 6.08 Å². The fraction of sp³-hybridized carbons (Fsp3) is 0.444. The first-order chi connectivity index (χ1) is 9.08. The molecule has 102 valence electrons. The second-order valence-electron chi connectivity index (χ2n) is 5.83. The molecule has 1 saturated heterocycles. The van der Waals surface area contributed by atoms with Crippen LogP contribution in [0.15, 0.2) is 43.1 Å². The topological polar surface area (TPSA) is 3.24 Å². The Balaban J connectivity index is 1.92. The molecular formula is C18H25N. The Morgan fingerprint density at radius 2 is 1.79 bits per heavy atom. The summed E-state index contributed by atoms with van der Waals surface area (Å²) in [6.45, 7) is 14.5. The van der Waals surface area contributed by atoms with Crippen LogP contribution in [0.2, 0.25) is 0 Å². The van der Waals surface area contributed by atoms with E-state index in [2.05, 4.69) is 50.1 Å². The molecule has 1 aliphatic rings. The summed E-state index contributed by atoms with van der Waals surface area (Å²) >= 11 is 0. The van der Waals surface area contributed by atoms with Gasteiger partial charge < -0.3 is 4.90 Å². The van der Waals surface area contributed by atoms with E-state index in [9.17, 15) is 0 Å². The van der Waals surface area contributed by atoms with Crippen LogP contribution in [-0.2, 0) is 6.42 Å². The van der Waals surface area contributed by atoms with Crippen LogP contribution < -0.4 is 0 Å². The number of hydrogen-bond donors (Lipinski definition) is 0. The lowest BCUT2D eigenvalue weighted by atomic mass is 9.89. The van der Waals surface area contributed by atoms with Gasteiger partial charge in [0.15, 0.2) is 0 Å². The number of rotatable bonds is 4. The Labute approximate surface area is 117 Å². The van der Waals surface area contributed by atoms with Gasteiger partial charge in [-0.3, -0.25) is 0 Å². The van der Waals surface area contributed by atoms with Gasteiger partial charge in [0.25, 0.3) is 0 Å². The summed E-state index contributed by atoms with van der Waals surface area (Å²) in [7, 11) is 0. The Bertz CT molecular complexity index is 444. The average molecular weight is 255 g/mol. The Kier molecular flexibility index (Phi) is 4.47. The fourth-order valence-corrected chi connectivity index (χ4v) is 3.07. The summed E-state index contributed by atoms with van der Waals surface area (Å²) in [6, 6.07) is 6.92. The Hall–Kier alpha value is -1.50. The van der Waals surface area contributed by atoms with Crippen molar-refractivity contribution in [3.05, 3.63) is 59.8 Å². The van der Waals surface area contributed by atoms with Crippen molar-refractivity contribution in [3.63, 3.8) is 0 Å². The van der Waals surface area contributed by atoms with Crippen LogP contribution in [0, 0.1) is 19.8 Å². The number of piperidine rings is 1. The molecule has 1 heterocycles. The van der Waals surface area contributed by atoms with Crippen LogP contribution in [0.25, 0.3) is 0 Å². The van der Waals surface area contributed by atoms with Crippen molar-refractivity contribution in [1.29, 1.82) is 0 Å². The molecular weight excluding hydrogens is 230 g/mol. The molecule has 0 amide bonds. The summed E-state index contributed by atoms with van der Waals surface area (Å²) < 4.78 is 0. The predicted molar refractivity (Wildman–Crippen MR) is 83.3 cm³/mol. The molecule has 0 spiro atoms. The minimum Gasteiger partial charge on any atom is -0.372 e. The zero-order chi connectivity index (χ0) is 13.8. The van der Waals surface area contributed by atoms with Crippen molar-refractivity contribution in [2.24, 2.45) is 5.92 Å². The smallest absolute Gasteiger partial charge is 0.0287 e. The lowest BCUT2D eigenvalue weighted by molar-refractivity contribution is 0.232. The highest BCUT2D eigenvalue weighted by Crippen LogP contribution is 2.24. The third-order valence-corrected chi connectivity index (χ3v) is 4.06. The van der Waals surface area contributed by atoms with Gasteiger partial charge in [-0.15, -0.1) is 0 Å². The molecule has 0 atom stereocenters. The minimum absolute atomic E-state index is 0.815. The predicted octanol–water partition coefficient (Wildman–Crippen LogP) is 4.26. The van der Waals surface area contributed by atoms with E-state index in [0.717, 1.165) is 24.7 Å². The van der Waals surface area contributed by atoms with Crippen molar-refractivity contribution in [3.8, 4) is 0 Å². The van der Waals surface area contributed by atoms with Crippen LogP contribution >= 0.6 is 0 Å². The summed E-state index contributed by atoms with van der Waals surface area (Å²) in [6.07, 6.45) is 5.61. The summed E-state index contributed by atoms with van der Waals surface area (Å²) in [4.78, 5) is 2.35. The second-order valence-corrected chi connectivity index (χ2v) is 5.83. The SMILES string of the molecule is C=CC(=C)N1CCC(Cc2cc(C)cc(C)c2)CC1. The highest BCUT2D eigenvalue weighted by molar-refractivity contribution is 5.28. The van der Waals surface area contributed by atoms with Crippen molar-refractivity contribution in [2.75, 3.05) is 13.1 Å². The normalized spacial score (nSPS) is 16.4. The fourth-order valence-electron chi connectivity index (χ4n) is 3.07. The van der Waals surface area contributed by atoms with Gasteiger partial charge in [0.2, 0.25) is 0 Å². The van der Waals surface area contributed by atoms with E-state index in [1.54, 1.807) is 0 Å². The number of nitrogens with zero attached hydrogens (tertiary/aromatic N) is 1. The molecule has 0 aromatic heterocycles. The lowest BCUT2D eigenvalue weighted by Gasteiger charge is -2.34. The molecule has 0 unspecified atom stereocenters. The standard InChI is InChI=1S/C18H25N/c1-5-16(4)19-8-6-17(7-9-19)13-18-11-14(2)10-15(3)12-18/h5,10-12,17H,1,4,6-9,13H2,2-3H3. The highest BCUT2D eigenvalue weighted by atomic mass is 15.1. The molecule has 0 radical (unpaired) electrons. The average Bonchev–Trinajstić information content (AvgIpc) is 2.37. The van der Waals surface area contributed by atoms with Crippen LogP contribution in [0.3, 0.4) is 0 Å². The molecule has 0 aliphatic carbocycles. The van der Waals surface area contributed by atoms with Gasteiger partial charge in [0.1, 0.15) is 0 Å². The zero-order valence-corrected chi connectivity index (χ0v) is 12.3. The molecule has 0 bridgehead atoms. The quantitative estimate of drug-likeness (QED) is 0.727. The van der Waals surface area contributed by atoms with E-state index in [1.165, 1.54) is 36.0 Å². The first-order valence-corrected chi connectivity index (χ1v) is 7.22. The van der Waals surface area contributed by atoms with Crippen LogP contribution in [0.1, 0.15) is 29.5 Å². The van der Waals surface area contributed by atoms with Gasteiger partial charge in [-0.2, -0.15) is 0 Å². The first-order valence-electron chi connectivity index (χ1n) is 7.22. The minimum atomic E-state index is 0.815. The highest BCUT2D eigenvalue weighted by Gasteiger charge is 2.19. The number of hydrogen-bond acceptors (Lipinski definition) is 1. The van der Waals surface area contributed by atoms with Crippen molar-refractivity contribution >= 4 is 0 Å². The van der Waals surface area contributed by atoms with Gasteiger partial charge in [0, 0.05) is 18.8 Å². The van der Waals surface area contributed by atoms with E-state index >= 15 is 0 Å². The van der Waals surface area contributed by atoms with E-state index in [4.69, 9.17) is 0 Å². The molecule has 2 rings (SSSR count). The Morgan fingerprint density at radius 3 is 2.32 bits per heavy atom. The maximum atomic E-state index is 4.04. The first kappa shape index (κ1) is 13.9. The van der Waals surface area contributed by atoms with Crippen molar-refractivity contribution < 1.29 is 0 Å². The molecule has 1 aliphatic heterocycles. The van der Waals surface area contributed by atoms with Crippen molar-refractivity contribution in [1.82, 2.24) is 4.90 Å². The third-order valence-electron chi connectivity index (χ3n) is 4.06. The molecule has 0 saturated carbocycles. The molecule has 1 fully saturated rings. The second kappa shape index (κ2) is 6.10. The largest absolute Gasteiger partial charge is 0.372 e. The number of aryl methyl sites for hydroxylation is 2. The van der Waals surface area contributed by atoms with Crippen molar-refractivity contribution in [2.45, 2.75) is 33.1 Å². The Morgan fingerprint density at radius 1 is 1.21 bits per heavy atom. The van der Waals surface area contributed by atoms with Crippen LogP contribution in [0.4, 0.5) is 0 Å². The monoisotopic (exact) mass is 255 g/mol. The lowest BCUT2D eigenvalue weighted by Crippen LogP contribution is -2.32. The van der Waals surface area contributed by atoms with E-state index < -0.39 is 0 Å². The molecule has 1 nitrogen and oxygen atoms in total. The summed E-state index contributed by atoms with van der Waals surface area (Å²) in [5.41, 5.74) is 5.34. The molecule has 1 aromatic carbocycles. The number of benzene rings is 1. The molecule has 19 heavy (non-hydrogen) atoms. The van der Waals surface area contributed by atoms with E-state index in [0.29, 0.717) is 0 Å². The maximum Gasteiger partial charge on any atom is 0.0287 e. The molecule has 1 aromatic rings. The maximum absolute atomic E-state index is 4.04.